The zero-order valence-corrected chi connectivity index (χ0v) is 18.2. The summed E-state index contributed by atoms with van der Waals surface area (Å²) in [7, 11) is 0. The number of nitro benzene ring substituents is 1. The lowest BCUT2D eigenvalue weighted by molar-refractivity contribution is -0.487. The van der Waals surface area contributed by atoms with Gasteiger partial charge in [0.2, 0.25) is 12.5 Å². The number of carbonyl (C=O) groups excluding carboxylic acids is 1. The second-order valence-electron chi connectivity index (χ2n) is 8.55. The van der Waals surface area contributed by atoms with Crippen molar-refractivity contribution in [3.8, 4) is 11.3 Å². The Morgan fingerprint density at radius 3 is 2.21 bits per heavy atom. The summed E-state index contributed by atoms with van der Waals surface area (Å²) >= 11 is 0. The van der Waals surface area contributed by atoms with Crippen molar-refractivity contribution in [3.05, 3.63) is 104 Å². The molecule has 1 amide bonds. The second kappa shape index (κ2) is 7.80. The van der Waals surface area contributed by atoms with Crippen molar-refractivity contribution in [2.75, 3.05) is 11.4 Å². The molecule has 0 saturated heterocycles. The van der Waals surface area contributed by atoms with E-state index in [1.54, 1.807) is 37.3 Å². The first-order valence-electron chi connectivity index (χ1n) is 10.7. The Bertz CT molecular complexity index is 1450. The van der Waals surface area contributed by atoms with Gasteiger partial charge in [0, 0.05) is 21.9 Å². The highest BCUT2D eigenvalue weighted by Crippen LogP contribution is 2.50. The Morgan fingerprint density at radius 2 is 1.59 bits per heavy atom. The fraction of sp³-hybridized carbons (Fsp3) is 0.160. The minimum Gasteiger partial charge on any atom is -0.349 e. The lowest BCUT2D eigenvalue weighted by Gasteiger charge is -2.37. The summed E-state index contributed by atoms with van der Waals surface area (Å²) in [5, 5.41) is 24.1. The van der Waals surface area contributed by atoms with Crippen molar-refractivity contribution >= 4 is 28.2 Å². The Labute approximate surface area is 193 Å². The van der Waals surface area contributed by atoms with Crippen LogP contribution < -0.4 is 4.90 Å². The van der Waals surface area contributed by atoms with E-state index in [4.69, 9.17) is 0 Å². The molecule has 4 aromatic rings. The number of benzene rings is 3. The highest BCUT2D eigenvalue weighted by atomic mass is 16.6. The van der Waals surface area contributed by atoms with Gasteiger partial charge >= 0.3 is 0 Å². The smallest absolute Gasteiger partial charge is 0.293 e. The van der Waals surface area contributed by atoms with Crippen molar-refractivity contribution in [1.29, 1.82) is 0 Å². The topological polar surface area (TPSA) is 122 Å². The largest absolute Gasteiger partial charge is 0.349 e. The molecule has 1 N–H and O–H groups in total. The lowest BCUT2D eigenvalue weighted by atomic mass is 9.75. The molecule has 0 spiro atoms. The van der Waals surface area contributed by atoms with Crippen LogP contribution in [0.2, 0.25) is 0 Å². The van der Waals surface area contributed by atoms with Gasteiger partial charge in [-0.15, -0.1) is 0 Å². The summed E-state index contributed by atoms with van der Waals surface area (Å²) in [5.74, 6) is -0.424. The number of nitro groups is 2. The summed E-state index contributed by atoms with van der Waals surface area (Å²) < 4.78 is 0. The monoisotopic (exact) mass is 456 g/mol. The molecule has 0 aliphatic carbocycles. The van der Waals surface area contributed by atoms with Gasteiger partial charge in [0.1, 0.15) is 10.9 Å². The molecule has 0 bridgehead atoms. The van der Waals surface area contributed by atoms with Gasteiger partial charge in [-0.05, 0) is 24.1 Å². The maximum absolute atomic E-state index is 14.0. The predicted octanol–water partition coefficient (Wildman–Crippen LogP) is 4.82. The highest BCUT2D eigenvalue weighted by Gasteiger charge is 2.51. The van der Waals surface area contributed by atoms with Crippen molar-refractivity contribution in [2.45, 2.75) is 18.9 Å². The van der Waals surface area contributed by atoms with Gasteiger partial charge in [-0.1, -0.05) is 60.7 Å². The Kier molecular flexibility index (Phi) is 4.89. The molecule has 9 heteroatoms. The van der Waals surface area contributed by atoms with E-state index in [1.807, 2.05) is 36.4 Å². The van der Waals surface area contributed by atoms with Crippen LogP contribution in [0.3, 0.4) is 0 Å². The Balaban J connectivity index is 1.87. The molecular formula is C25H20N4O5. The fourth-order valence-electron chi connectivity index (χ4n) is 4.87. The lowest BCUT2D eigenvalue weighted by Crippen LogP contribution is -2.51. The van der Waals surface area contributed by atoms with Crippen molar-refractivity contribution in [3.63, 3.8) is 0 Å². The van der Waals surface area contributed by atoms with E-state index >= 15 is 0 Å². The van der Waals surface area contributed by atoms with Gasteiger partial charge in [-0.25, -0.2) is 0 Å². The van der Waals surface area contributed by atoms with Crippen LogP contribution >= 0.6 is 0 Å². The van der Waals surface area contributed by atoms with Crippen LogP contribution in [0.25, 0.3) is 22.2 Å². The third-order valence-corrected chi connectivity index (χ3v) is 6.36. The zero-order chi connectivity index (χ0) is 24.0. The summed E-state index contributed by atoms with van der Waals surface area (Å²) in [5.41, 5.74) is 1.46. The van der Waals surface area contributed by atoms with Crippen LogP contribution in [0.4, 0.5) is 11.4 Å². The van der Waals surface area contributed by atoms with Crippen LogP contribution in [-0.4, -0.2) is 27.3 Å². The van der Waals surface area contributed by atoms with Crippen molar-refractivity contribution in [1.82, 2.24) is 4.98 Å². The molecule has 9 nitrogen and oxygen atoms in total. The van der Waals surface area contributed by atoms with Gasteiger partial charge in [0.05, 0.1) is 22.8 Å². The third-order valence-electron chi connectivity index (χ3n) is 6.36. The van der Waals surface area contributed by atoms with Gasteiger partial charge in [0.15, 0.2) is 0 Å². The number of hydrogen-bond acceptors (Lipinski definition) is 5. The molecule has 3 aromatic carbocycles. The van der Waals surface area contributed by atoms with Gasteiger partial charge in [0.25, 0.3) is 5.69 Å². The summed E-state index contributed by atoms with van der Waals surface area (Å²) in [6, 6.07) is 21.3. The van der Waals surface area contributed by atoms with E-state index in [0.29, 0.717) is 27.9 Å². The minimum atomic E-state index is -1.54. The molecule has 1 aliphatic rings. The number of aromatic nitrogens is 1. The molecule has 0 fully saturated rings. The molecule has 34 heavy (non-hydrogen) atoms. The molecule has 1 aliphatic heterocycles. The van der Waals surface area contributed by atoms with E-state index in [1.165, 1.54) is 11.0 Å². The average molecular weight is 456 g/mol. The van der Waals surface area contributed by atoms with E-state index in [2.05, 4.69) is 4.98 Å². The number of H-pyrrole nitrogens is 1. The first-order chi connectivity index (χ1) is 16.3. The molecular weight excluding hydrogens is 436 g/mol. The van der Waals surface area contributed by atoms with Crippen molar-refractivity contribution in [2.24, 2.45) is 0 Å². The maximum atomic E-state index is 14.0. The number of non-ortho nitro benzene ring substituents is 1. The Hall–Kier alpha value is -4.53. The number of nitrogens with zero attached hydrogens (tertiary/aromatic N) is 3. The summed E-state index contributed by atoms with van der Waals surface area (Å²) in [6.45, 7) is 1.09. The van der Waals surface area contributed by atoms with Crippen LogP contribution in [0.1, 0.15) is 18.1 Å². The van der Waals surface area contributed by atoms with Crippen LogP contribution in [0.5, 0.6) is 0 Å². The molecule has 0 unspecified atom stereocenters. The van der Waals surface area contributed by atoms with Gasteiger partial charge in [-0.3, -0.25) is 25.0 Å². The second-order valence-corrected chi connectivity index (χ2v) is 8.55. The molecule has 1 aromatic heterocycles. The van der Waals surface area contributed by atoms with E-state index < -0.39 is 27.7 Å². The van der Waals surface area contributed by atoms with Gasteiger partial charge in [-0.2, -0.15) is 0 Å². The predicted molar refractivity (Wildman–Crippen MR) is 127 cm³/mol. The molecule has 2 heterocycles. The first kappa shape index (κ1) is 21.3. The van der Waals surface area contributed by atoms with Crippen LogP contribution in [-0.2, 0) is 16.8 Å². The van der Waals surface area contributed by atoms with Gasteiger partial charge < -0.3 is 9.88 Å². The number of anilines is 1. The number of amides is 1. The number of carbonyl (C=O) groups is 1. The first-order valence-corrected chi connectivity index (χ1v) is 10.7. The maximum Gasteiger partial charge on any atom is 0.293 e. The molecule has 0 saturated carbocycles. The van der Waals surface area contributed by atoms with Crippen LogP contribution in [0, 0.1) is 20.2 Å². The fourth-order valence-corrected chi connectivity index (χ4v) is 4.87. The number of aromatic amines is 1. The highest BCUT2D eigenvalue weighted by molar-refractivity contribution is 6.18. The number of hydrogen-bond donors (Lipinski definition) is 1. The number of rotatable bonds is 6. The van der Waals surface area contributed by atoms with E-state index in [0.717, 1.165) is 5.56 Å². The summed E-state index contributed by atoms with van der Waals surface area (Å²) in [6.07, 6.45) is 0. The average Bonchev–Trinajstić information content (AvgIpc) is 3.23. The van der Waals surface area contributed by atoms with E-state index in [-0.39, 0.29) is 17.7 Å². The minimum absolute atomic E-state index is 0.153. The Morgan fingerprint density at radius 1 is 0.941 bits per heavy atom. The molecule has 5 rings (SSSR count). The SMILES string of the molecule is C[C@]1(C[N+](=O)[O-])C(=O)N(Cc2ccccc2)c2ccc([N+](=O)[O-])c3[nH]c(-c4ccccc4)c1c23. The summed E-state index contributed by atoms with van der Waals surface area (Å²) in [4.78, 5) is 41.3. The van der Waals surface area contributed by atoms with Crippen LogP contribution in [0.15, 0.2) is 72.8 Å². The number of nitrogens with one attached hydrogen (secondary N) is 1. The molecule has 1 atom stereocenters. The molecule has 0 radical (unpaired) electrons. The zero-order valence-electron chi connectivity index (χ0n) is 18.2. The normalized spacial score (nSPS) is 17.2. The van der Waals surface area contributed by atoms with Crippen molar-refractivity contribution < 1.29 is 14.6 Å². The quantitative estimate of drug-likeness (QED) is 0.329. The third kappa shape index (κ3) is 3.21. The van der Waals surface area contributed by atoms with E-state index in [9.17, 15) is 25.0 Å². The molecule has 170 valence electrons. The standard InChI is InChI=1S/C25H20N4O5/c1-25(15-28(31)32)21-20-18(27(24(25)30)14-16-8-4-2-5-9-16)12-13-19(29(33)34)23(20)26-22(21)17-10-6-3-7-11-17/h2-13,26H,14-15H2,1H3/t25-/m1/s1.